The summed E-state index contributed by atoms with van der Waals surface area (Å²) in [6.45, 7) is 0.412. The van der Waals surface area contributed by atoms with Crippen molar-refractivity contribution in [2.75, 3.05) is 25.6 Å². The number of aromatic nitrogens is 2. The molecule has 3 aliphatic rings. The van der Waals surface area contributed by atoms with Gasteiger partial charge in [-0.05, 0) is 36.8 Å². The standard InChI is InChI=1S/C31H33ClN2O12S/c1-18-12-33(30(39)34(27(18)37)28(38)20-5-3-2-4-6-20)25-11-23(36)24(45-25)15-43-29-22(13-35)26(31(46-29)16-44-47(40,41)17-31)42-14-19-7-9-21(32)10-8-19/h2-10,12,22-26,29,35-36H,11,13-17H2,1H3/t22-,23+,24-,25-,26+,29?,31?/m1/s1. The molecular formula is C31H33ClN2O12S. The van der Waals surface area contributed by atoms with Crippen molar-refractivity contribution in [3.8, 4) is 0 Å². The normalized spacial score (nSPS) is 29.9. The molecular weight excluding hydrogens is 660 g/mol. The van der Waals surface area contributed by atoms with Gasteiger partial charge in [-0.15, -0.1) is 0 Å². The molecule has 2 unspecified atom stereocenters. The van der Waals surface area contributed by atoms with E-state index < -0.39 is 82.0 Å². The summed E-state index contributed by atoms with van der Waals surface area (Å²) < 4.78 is 55.5. The van der Waals surface area contributed by atoms with Gasteiger partial charge in [0.25, 0.3) is 21.6 Å². The second-order valence-corrected chi connectivity index (χ2v) is 13.9. The Hall–Kier alpha value is -3.25. The van der Waals surface area contributed by atoms with Crippen molar-refractivity contribution >= 4 is 27.6 Å². The molecule has 3 aromatic rings. The zero-order valence-corrected chi connectivity index (χ0v) is 26.7. The fourth-order valence-corrected chi connectivity index (χ4v) is 7.63. The Morgan fingerprint density at radius 1 is 1.11 bits per heavy atom. The van der Waals surface area contributed by atoms with E-state index in [0.717, 1.165) is 10.1 Å². The van der Waals surface area contributed by atoms with E-state index in [1.807, 2.05) is 0 Å². The van der Waals surface area contributed by atoms with Gasteiger partial charge in [0.2, 0.25) is 0 Å². The van der Waals surface area contributed by atoms with Crippen LogP contribution in [-0.4, -0.2) is 89.4 Å². The molecule has 16 heteroatoms. The summed E-state index contributed by atoms with van der Waals surface area (Å²) in [6.07, 6.45) is -4.08. The molecule has 14 nitrogen and oxygen atoms in total. The lowest BCUT2D eigenvalue weighted by molar-refractivity contribution is -0.200. The van der Waals surface area contributed by atoms with Crippen LogP contribution in [0.15, 0.2) is 70.4 Å². The number of ether oxygens (including phenoxy) is 4. The Kier molecular flexibility index (Phi) is 9.55. The molecule has 1 aromatic heterocycles. The van der Waals surface area contributed by atoms with Crippen LogP contribution in [0.2, 0.25) is 5.02 Å². The number of carbonyl (C=O) groups excluding carboxylic acids is 1. The minimum atomic E-state index is -3.94. The highest BCUT2D eigenvalue weighted by Crippen LogP contribution is 2.43. The van der Waals surface area contributed by atoms with Crippen molar-refractivity contribution in [1.82, 2.24) is 9.13 Å². The number of halogens is 1. The van der Waals surface area contributed by atoms with E-state index in [0.29, 0.717) is 9.59 Å². The van der Waals surface area contributed by atoms with Crippen LogP contribution in [0.5, 0.6) is 0 Å². The van der Waals surface area contributed by atoms with Gasteiger partial charge < -0.3 is 29.2 Å². The van der Waals surface area contributed by atoms with E-state index in [2.05, 4.69) is 0 Å². The third-order valence-electron chi connectivity index (χ3n) is 8.51. The van der Waals surface area contributed by atoms with Crippen LogP contribution in [0.4, 0.5) is 0 Å². The van der Waals surface area contributed by atoms with E-state index in [1.54, 1.807) is 42.5 Å². The summed E-state index contributed by atoms with van der Waals surface area (Å²) >= 11 is 5.97. The minimum absolute atomic E-state index is 0.0609. The lowest BCUT2D eigenvalue weighted by atomic mass is 9.92. The lowest BCUT2D eigenvalue weighted by Gasteiger charge is -2.28. The molecule has 3 aliphatic heterocycles. The summed E-state index contributed by atoms with van der Waals surface area (Å²) in [5.41, 5.74) is -2.16. The topological polar surface area (TPSA) is 182 Å². The van der Waals surface area contributed by atoms with Crippen molar-refractivity contribution < 1.29 is 46.6 Å². The quantitative estimate of drug-likeness (QED) is 0.304. The number of aliphatic hydroxyl groups is 2. The van der Waals surface area contributed by atoms with Crippen LogP contribution in [-0.2, 0) is 39.9 Å². The maximum Gasteiger partial charge on any atom is 0.340 e. The molecule has 0 saturated carbocycles. The van der Waals surface area contributed by atoms with Crippen LogP contribution in [0, 0.1) is 12.8 Å². The highest BCUT2D eigenvalue weighted by molar-refractivity contribution is 7.87. The Morgan fingerprint density at radius 2 is 1.83 bits per heavy atom. The molecule has 3 saturated heterocycles. The molecule has 252 valence electrons. The summed E-state index contributed by atoms with van der Waals surface area (Å²) in [6, 6.07) is 14.8. The van der Waals surface area contributed by atoms with Crippen molar-refractivity contribution in [2.24, 2.45) is 5.92 Å². The van der Waals surface area contributed by atoms with E-state index in [4.69, 9.17) is 34.7 Å². The Balaban J connectivity index is 1.18. The van der Waals surface area contributed by atoms with Gasteiger partial charge in [-0.3, -0.25) is 18.3 Å². The zero-order valence-electron chi connectivity index (χ0n) is 25.1. The number of nitrogens with zero attached hydrogens (tertiary/aromatic N) is 2. The van der Waals surface area contributed by atoms with Gasteiger partial charge in [0.1, 0.15) is 29.8 Å². The van der Waals surface area contributed by atoms with Crippen molar-refractivity contribution in [1.29, 1.82) is 0 Å². The smallest absolute Gasteiger partial charge is 0.340 e. The first kappa shape index (κ1) is 33.6. The third-order valence-corrected chi connectivity index (χ3v) is 10.1. The monoisotopic (exact) mass is 692 g/mol. The second kappa shape index (κ2) is 13.3. The van der Waals surface area contributed by atoms with E-state index in [1.165, 1.54) is 25.3 Å². The molecule has 7 atom stereocenters. The van der Waals surface area contributed by atoms with Gasteiger partial charge >= 0.3 is 5.69 Å². The fourth-order valence-electron chi connectivity index (χ4n) is 6.12. The molecule has 4 heterocycles. The summed E-state index contributed by atoms with van der Waals surface area (Å²) in [7, 11) is -3.94. The molecule has 0 bridgehead atoms. The molecule has 6 rings (SSSR count). The number of rotatable bonds is 9. The largest absolute Gasteiger partial charge is 0.396 e. The molecule has 2 aromatic carbocycles. The average Bonchev–Trinajstić information content (AvgIpc) is 3.68. The first-order valence-corrected chi connectivity index (χ1v) is 16.8. The van der Waals surface area contributed by atoms with Crippen molar-refractivity contribution in [3.05, 3.63) is 103 Å². The number of hydrogen-bond donors (Lipinski definition) is 2. The predicted molar refractivity (Wildman–Crippen MR) is 164 cm³/mol. The maximum atomic E-state index is 13.4. The highest BCUT2D eigenvalue weighted by atomic mass is 35.5. The minimum Gasteiger partial charge on any atom is -0.396 e. The first-order chi connectivity index (χ1) is 22.4. The number of aryl methyl sites for hydroxylation is 1. The molecule has 0 aliphatic carbocycles. The van der Waals surface area contributed by atoms with Crippen LogP contribution >= 0.6 is 11.6 Å². The summed E-state index contributed by atoms with van der Waals surface area (Å²) in [5, 5.41) is 21.8. The van der Waals surface area contributed by atoms with Gasteiger partial charge in [0.05, 0.1) is 38.4 Å². The highest BCUT2D eigenvalue weighted by Gasteiger charge is 2.62. The van der Waals surface area contributed by atoms with Crippen molar-refractivity contribution in [2.45, 2.75) is 56.4 Å². The summed E-state index contributed by atoms with van der Waals surface area (Å²) in [5.74, 6) is -2.16. The lowest BCUT2D eigenvalue weighted by Crippen LogP contribution is -2.47. The van der Waals surface area contributed by atoms with Crippen molar-refractivity contribution in [3.63, 3.8) is 0 Å². The number of hydrogen-bond acceptors (Lipinski definition) is 12. The van der Waals surface area contributed by atoms with Gasteiger partial charge in [-0.2, -0.15) is 13.0 Å². The molecule has 0 radical (unpaired) electrons. The van der Waals surface area contributed by atoms with Gasteiger partial charge in [-0.25, -0.2) is 4.79 Å². The van der Waals surface area contributed by atoms with E-state index >= 15 is 0 Å². The first-order valence-electron chi connectivity index (χ1n) is 14.8. The average molecular weight is 693 g/mol. The second-order valence-electron chi connectivity index (χ2n) is 11.8. The Bertz CT molecular complexity index is 1850. The molecule has 1 spiro atoms. The van der Waals surface area contributed by atoms with Crippen LogP contribution < -0.4 is 11.2 Å². The van der Waals surface area contributed by atoms with Gasteiger partial charge in [-0.1, -0.05) is 41.9 Å². The molecule has 2 N–H and O–H groups in total. The predicted octanol–water partition coefficient (Wildman–Crippen LogP) is 0.974. The zero-order chi connectivity index (χ0) is 33.5. The van der Waals surface area contributed by atoms with E-state index in [9.17, 15) is 33.0 Å². The molecule has 3 fully saturated rings. The van der Waals surface area contributed by atoms with Crippen LogP contribution in [0.25, 0.3) is 0 Å². The number of aliphatic hydroxyl groups excluding tert-OH is 2. The van der Waals surface area contributed by atoms with Crippen LogP contribution in [0.1, 0.15) is 34.1 Å². The molecule has 0 amide bonds. The fraction of sp³-hybridized carbons (Fsp3) is 0.452. The SMILES string of the molecule is Cc1cn([C@H]2C[C@H](O)[C@@H](COC3OC4(COS(=O)(=O)C4)[C@@H](OCc4ccc(Cl)cc4)[C@H]3CO)O2)c(=O)n(C(=O)c2ccccc2)c1=O. The number of carbonyl (C=O) groups is 1. The third kappa shape index (κ3) is 6.72. The number of benzene rings is 2. The van der Waals surface area contributed by atoms with Gasteiger partial charge in [0.15, 0.2) is 6.29 Å². The van der Waals surface area contributed by atoms with Crippen LogP contribution in [0.3, 0.4) is 0 Å². The van der Waals surface area contributed by atoms with E-state index in [-0.39, 0.29) is 37.4 Å². The summed E-state index contributed by atoms with van der Waals surface area (Å²) in [4.78, 5) is 39.3. The maximum absolute atomic E-state index is 13.4. The Labute approximate surface area is 274 Å². The van der Waals surface area contributed by atoms with Gasteiger partial charge in [0, 0.05) is 28.8 Å². The Morgan fingerprint density at radius 3 is 2.49 bits per heavy atom. The molecule has 47 heavy (non-hydrogen) atoms.